The maximum absolute atomic E-state index is 4.32. The van der Waals surface area contributed by atoms with E-state index < -0.39 is 0 Å². The molecule has 0 fully saturated rings. The number of hydrogen-bond acceptors (Lipinski definition) is 3. The number of aromatic nitrogens is 2. The Hall–Kier alpha value is 0.470. The second-order valence-corrected chi connectivity index (χ2v) is 6.07. The van der Waals surface area contributed by atoms with Gasteiger partial charge in [0.1, 0.15) is 5.01 Å². The predicted molar refractivity (Wildman–Crippen MR) is 73.5 cm³/mol. The van der Waals surface area contributed by atoms with Crippen LogP contribution in [0.3, 0.4) is 0 Å². The minimum absolute atomic E-state index is 0.790. The minimum atomic E-state index is 0.790. The third-order valence-electron chi connectivity index (χ3n) is 1.51. The first-order valence-corrected chi connectivity index (χ1v) is 7.04. The summed E-state index contributed by atoms with van der Waals surface area (Å²) >= 11 is 10.4. The van der Waals surface area contributed by atoms with Gasteiger partial charge in [0.25, 0.3) is 0 Å². The highest BCUT2D eigenvalue weighted by Crippen LogP contribution is 2.28. The summed E-state index contributed by atoms with van der Waals surface area (Å²) < 4.78 is 7.00. The molecule has 0 aliphatic carbocycles. The van der Waals surface area contributed by atoms with Crippen LogP contribution in [0.2, 0.25) is 0 Å². The molecule has 0 N–H and O–H groups in total. The van der Waals surface area contributed by atoms with Gasteiger partial charge in [0, 0.05) is 37.1 Å². The maximum Gasteiger partial charge on any atom is 0.203 e. The van der Waals surface area contributed by atoms with Crippen LogP contribution in [0.4, 0.5) is 0 Å². The number of nitrogens with zero attached hydrogens (tertiary/aromatic N) is 2. The second kappa shape index (κ2) is 4.54. The Kier molecular flexibility index (Phi) is 3.56. The fraction of sp³-hybridized carbons (Fsp3) is 0. The Bertz CT molecular complexity index is 452. The molecule has 1 aromatic heterocycles. The number of hydrogen-bond donors (Lipinski definition) is 0. The van der Waals surface area contributed by atoms with Crippen molar-refractivity contribution in [3.8, 4) is 10.6 Å². The molecule has 0 aliphatic rings. The van der Waals surface area contributed by atoms with Gasteiger partial charge in [-0.1, -0.05) is 31.9 Å². The summed E-state index contributed by atoms with van der Waals surface area (Å²) in [7, 11) is 0. The monoisotopic (exact) mass is 444 g/mol. The lowest BCUT2D eigenvalue weighted by Crippen LogP contribution is -1.78. The molecule has 0 radical (unpaired) electrons. The van der Waals surface area contributed by atoms with Crippen LogP contribution in [0.1, 0.15) is 0 Å². The van der Waals surface area contributed by atoms with Gasteiger partial charge in [-0.3, -0.25) is 0 Å². The molecular weight excluding hydrogens is 443 g/mol. The van der Waals surface area contributed by atoms with E-state index in [4.69, 9.17) is 0 Å². The smallest absolute Gasteiger partial charge is 0.203 e. The zero-order valence-corrected chi connectivity index (χ0v) is 12.8. The molecule has 1 heterocycles. The first kappa shape index (κ1) is 11.0. The zero-order chi connectivity index (χ0) is 10.1. The predicted octanol–water partition coefficient (Wildman–Crippen LogP) is 4.33. The van der Waals surface area contributed by atoms with E-state index in [0.717, 1.165) is 23.3 Å². The summed E-state index contributed by atoms with van der Waals surface area (Å²) in [6.45, 7) is 0. The standard InChI is InChI=1S/C8H3Br2IN2S/c9-5-1-4(2-6(10)3-5)7-12-8(11)13-14-7/h1-3H. The summed E-state index contributed by atoms with van der Waals surface area (Å²) in [5, 5.41) is 0.941. The van der Waals surface area contributed by atoms with Crippen LogP contribution in [0.25, 0.3) is 10.6 Å². The molecule has 2 aromatic rings. The molecular formula is C8H3Br2IN2S. The molecule has 0 saturated heterocycles. The van der Waals surface area contributed by atoms with Crippen LogP contribution in [-0.2, 0) is 0 Å². The van der Waals surface area contributed by atoms with Gasteiger partial charge >= 0.3 is 0 Å². The van der Waals surface area contributed by atoms with Gasteiger partial charge in [0.2, 0.25) is 3.83 Å². The van der Waals surface area contributed by atoms with Crippen LogP contribution in [0.5, 0.6) is 0 Å². The lowest BCUT2D eigenvalue weighted by Gasteiger charge is -1.98. The van der Waals surface area contributed by atoms with Crippen molar-refractivity contribution in [2.75, 3.05) is 0 Å². The SMILES string of the molecule is Brc1cc(Br)cc(-c2nc(I)ns2)c1. The van der Waals surface area contributed by atoms with E-state index in [2.05, 4.69) is 63.8 Å². The quantitative estimate of drug-likeness (QED) is 0.610. The van der Waals surface area contributed by atoms with Gasteiger partial charge in [-0.2, -0.15) is 4.37 Å². The number of halogens is 3. The Balaban J connectivity index is 2.51. The van der Waals surface area contributed by atoms with Crippen molar-refractivity contribution in [2.24, 2.45) is 0 Å². The maximum atomic E-state index is 4.32. The van der Waals surface area contributed by atoms with Crippen LogP contribution in [0.15, 0.2) is 27.1 Å². The Morgan fingerprint density at radius 2 is 1.79 bits per heavy atom. The fourth-order valence-corrected chi connectivity index (χ4v) is 3.55. The zero-order valence-electron chi connectivity index (χ0n) is 6.67. The van der Waals surface area contributed by atoms with Gasteiger partial charge in [-0.05, 0) is 29.7 Å². The third-order valence-corrected chi connectivity index (χ3v) is 4.00. The van der Waals surface area contributed by atoms with Crippen molar-refractivity contribution in [1.82, 2.24) is 9.36 Å². The van der Waals surface area contributed by atoms with Crippen molar-refractivity contribution in [2.45, 2.75) is 0 Å². The van der Waals surface area contributed by atoms with Crippen LogP contribution in [0, 0.1) is 3.83 Å². The van der Waals surface area contributed by atoms with Crippen molar-refractivity contribution >= 4 is 66.0 Å². The highest BCUT2D eigenvalue weighted by Gasteiger charge is 2.05. The van der Waals surface area contributed by atoms with E-state index in [9.17, 15) is 0 Å². The number of benzene rings is 1. The molecule has 2 nitrogen and oxygen atoms in total. The van der Waals surface area contributed by atoms with Crippen LogP contribution < -0.4 is 0 Å². The van der Waals surface area contributed by atoms with E-state index in [1.54, 1.807) is 0 Å². The van der Waals surface area contributed by atoms with Crippen LogP contribution >= 0.6 is 66.0 Å². The molecule has 0 aliphatic heterocycles. The molecule has 6 heteroatoms. The third kappa shape index (κ3) is 2.53. The average molecular weight is 446 g/mol. The van der Waals surface area contributed by atoms with Crippen molar-refractivity contribution in [1.29, 1.82) is 0 Å². The minimum Gasteiger partial charge on any atom is -0.210 e. The molecule has 0 saturated carbocycles. The molecule has 0 bridgehead atoms. The van der Waals surface area contributed by atoms with Gasteiger partial charge in [0.15, 0.2) is 0 Å². The fourth-order valence-electron chi connectivity index (χ4n) is 1.00. The summed E-state index contributed by atoms with van der Waals surface area (Å²) in [4.78, 5) is 4.32. The first-order chi connectivity index (χ1) is 6.65. The highest BCUT2D eigenvalue weighted by molar-refractivity contribution is 14.1. The molecule has 0 atom stereocenters. The molecule has 1 aromatic carbocycles. The normalized spacial score (nSPS) is 10.5. The van der Waals surface area contributed by atoms with Crippen molar-refractivity contribution < 1.29 is 0 Å². The van der Waals surface area contributed by atoms with E-state index >= 15 is 0 Å². The Morgan fingerprint density at radius 3 is 2.29 bits per heavy atom. The molecule has 0 spiro atoms. The van der Waals surface area contributed by atoms with Gasteiger partial charge in [-0.15, -0.1) is 0 Å². The van der Waals surface area contributed by atoms with E-state index in [0.29, 0.717) is 0 Å². The Morgan fingerprint density at radius 1 is 1.14 bits per heavy atom. The Labute approximate surface area is 116 Å². The van der Waals surface area contributed by atoms with Gasteiger partial charge in [0.05, 0.1) is 0 Å². The van der Waals surface area contributed by atoms with Crippen molar-refractivity contribution in [3.05, 3.63) is 31.0 Å². The van der Waals surface area contributed by atoms with Crippen LogP contribution in [-0.4, -0.2) is 9.36 Å². The van der Waals surface area contributed by atoms with Gasteiger partial charge in [-0.25, -0.2) is 4.98 Å². The lowest BCUT2D eigenvalue weighted by atomic mass is 10.2. The molecule has 0 amide bonds. The number of rotatable bonds is 1. The highest BCUT2D eigenvalue weighted by atomic mass is 127. The molecule has 72 valence electrons. The molecule has 2 rings (SSSR count). The average Bonchev–Trinajstić information content (AvgIpc) is 2.50. The van der Waals surface area contributed by atoms with Crippen molar-refractivity contribution in [3.63, 3.8) is 0 Å². The lowest BCUT2D eigenvalue weighted by molar-refractivity contribution is 1.25. The first-order valence-electron chi connectivity index (χ1n) is 3.61. The summed E-state index contributed by atoms with van der Waals surface area (Å²) in [5.41, 5.74) is 1.08. The largest absolute Gasteiger partial charge is 0.210 e. The molecule has 14 heavy (non-hydrogen) atoms. The summed E-state index contributed by atoms with van der Waals surface area (Å²) in [6.07, 6.45) is 0. The van der Waals surface area contributed by atoms with E-state index in [-0.39, 0.29) is 0 Å². The summed E-state index contributed by atoms with van der Waals surface area (Å²) in [5.74, 6) is 0. The molecule has 0 unspecified atom stereocenters. The topological polar surface area (TPSA) is 25.8 Å². The van der Waals surface area contributed by atoms with Gasteiger partial charge < -0.3 is 0 Å². The summed E-state index contributed by atoms with van der Waals surface area (Å²) in [6, 6.07) is 6.05. The second-order valence-electron chi connectivity index (χ2n) is 2.53. The van der Waals surface area contributed by atoms with E-state index in [1.807, 2.05) is 18.2 Å². The van der Waals surface area contributed by atoms with E-state index in [1.165, 1.54) is 11.5 Å².